The molecule has 3 rings (SSSR count). The van der Waals surface area contributed by atoms with Gasteiger partial charge in [0.15, 0.2) is 5.82 Å². The van der Waals surface area contributed by atoms with E-state index >= 15 is 0 Å². The van der Waals surface area contributed by atoms with Gasteiger partial charge >= 0.3 is 0 Å². The summed E-state index contributed by atoms with van der Waals surface area (Å²) >= 11 is 1.61. The second-order valence-electron chi connectivity index (χ2n) is 5.49. The van der Waals surface area contributed by atoms with Crippen molar-refractivity contribution in [1.29, 1.82) is 0 Å². The Balaban J connectivity index is 1.83. The van der Waals surface area contributed by atoms with Crippen LogP contribution < -0.4 is 5.73 Å². The summed E-state index contributed by atoms with van der Waals surface area (Å²) in [6, 6.07) is 2.07. The average Bonchev–Trinajstić information content (AvgIpc) is 2.97. The average molecular weight is 291 g/mol. The molecule has 2 aromatic heterocycles. The van der Waals surface area contributed by atoms with Gasteiger partial charge in [-0.2, -0.15) is 4.98 Å². The van der Waals surface area contributed by atoms with Gasteiger partial charge in [-0.05, 0) is 25.3 Å². The van der Waals surface area contributed by atoms with Crippen molar-refractivity contribution in [3.8, 4) is 11.5 Å². The topological polar surface area (TPSA) is 64.9 Å². The van der Waals surface area contributed by atoms with E-state index in [0.29, 0.717) is 11.8 Å². The summed E-state index contributed by atoms with van der Waals surface area (Å²) in [6.45, 7) is 2.12. The van der Waals surface area contributed by atoms with Gasteiger partial charge in [0.25, 0.3) is 5.89 Å². The van der Waals surface area contributed by atoms with Gasteiger partial charge in [0.1, 0.15) is 0 Å². The second-order valence-corrected chi connectivity index (χ2v) is 6.66. The van der Waals surface area contributed by atoms with E-state index in [-0.39, 0.29) is 0 Å². The molecule has 1 aliphatic rings. The fourth-order valence-corrected chi connectivity index (χ4v) is 3.71. The molecule has 0 aromatic carbocycles. The van der Waals surface area contributed by atoms with Gasteiger partial charge in [0.05, 0.1) is 10.6 Å². The fourth-order valence-electron chi connectivity index (χ4n) is 2.85. The molecule has 0 amide bonds. The fraction of sp³-hybridized carbons (Fsp3) is 0.600. The molecule has 2 aromatic rings. The summed E-state index contributed by atoms with van der Waals surface area (Å²) in [5.41, 5.74) is 6.95. The molecule has 0 unspecified atom stereocenters. The van der Waals surface area contributed by atoms with Crippen molar-refractivity contribution < 1.29 is 4.52 Å². The van der Waals surface area contributed by atoms with Crippen LogP contribution in [0.15, 0.2) is 10.6 Å². The molecular weight excluding hydrogens is 270 g/mol. The van der Waals surface area contributed by atoms with Crippen molar-refractivity contribution in [1.82, 2.24) is 10.1 Å². The van der Waals surface area contributed by atoms with Crippen molar-refractivity contribution in [2.45, 2.75) is 57.8 Å². The number of aryl methyl sites for hydroxylation is 1. The maximum Gasteiger partial charge on any atom is 0.260 e. The van der Waals surface area contributed by atoms with Crippen LogP contribution in [0.1, 0.15) is 62.1 Å². The first kappa shape index (κ1) is 13.6. The lowest BCUT2D eigenvalue weighted by atomic mass is 10.00. The monoisotopic (exact) mass is 291 g/mol. The number of nitrogens with two attached hydrogens (primary N) is 1. The minimum Gasteiger partial charge on any atom is -0.390 e. The molecule has 5 heteroatoms. The molecule has 1 aliphatic carbocycles. The van der Waals surface area contributed by atoms with Crippen LogP contribution in [0, 0.1) is 0 Å². The number of aromatic nitrogens is 2. The van der Waals surface area contributed by atoms with Gasteiger partial charge in [0.2, 0.25) is 0 Å². The molecule has 0 atom stereocenters. The molecule has 0 spiro atoms. The number of hydrogen-bond acceptors (Lipinski definition) is 5. The van der Waals surface area contributed by atoms with Crippen LogP contribution in [0.25, 0.3) is 11.5 Å². The van der Waals surface area contributed by atoms with E-state index < -0.39 is 0 Å². The zero-order chi connectivity index (χ0) is 13.9. The predicted octanol–water partition coefficient (Wildman–Crippen LogP) is 4.38. The molecule has 0 saturated heterocycles. The van der Waals surface area contributed by atoms with E-state index in [2.05, 4.69) is 23.1 Å². The molecule has 0 bridgehead atoms. The van der Waals surface area contributed by atoms with E-state index in [1.165, 1.54) is 43.4 Å². The molecule has 108 valence electrons. The lowest BCUT2D eigenvalue weighted by molar-refractivity contribution is 0.410. The molecule has 2 heterocycles. The Labute approximate surface area is 123 Å². The molecular formula is C15H21N3OS. The summed E-state index contributed by atoms with van der Waals surface area (Å²) < 4.78 is 5.45. The quantitative estimate of drug-likeness (QED) is 0.852. The Hall–Kier alpha value is -1.36. The Morgan fingerprint density at radius 2 is 2.05 bits per heavy atom. The molecule has 0 aliphatic heterocycles. The summed E-state index contributed by atoms with van der Waals surface area (Å²) in [4.78, 5) is 5.86. The standard InChI is InChI=1S/C15H21N3OS/c1-2-11-9-12(13(16)20-11)15-17-14(18-19-15)10-7-5-3-4-6-8-10/h9-10H,2-8,16H2,1H3. The van der Waals surface area contributed by atoms with E-state index in [0.717, 1.165) is 22.8 Å². The van der Waals surface area contributed by atoms with Gasteiger partial charge in [0, 0.05) is 10.8 Å². The Kier molecular flexibility index (Phi) is 4.05. The normalized spacial score (nSPS) is 17.2. The summed E-state index contributed by atoms with van der Waals surface area (Å²) in [7, 11) is 0. The number of anilines is 1. The van der Waals surface area contributed by atoms with Gasteiger partial charge in [-0.25, -0.2) is 0 Å². The van der Waals surface area contributed by atoms with Gasteiger partial charge in [-0.15, -0.1) is 11.3 Å². The van der Waals surface area contributed by atoms with Crippen molar-refractivity contribution in [3.05, 3.63) is 16.8 Å². The first-order valence-corrected chi connectivity index (χ1v) is 8.31. The summed E-state index contributed by atoms with van der Waals surface area (Å²) in [5.74, 6) is 1.91. The molecule has 2 N–H and O–H groups in total. The van der Waals surface area contributed by atoms with Crippen molar-refractivity contribution in [2.24, 2.45) is 0 Å². The highest BCUT2D eigenvalue weighted by molar-refractivity contribution is 7.16. The lowest BCUT2D eigenvalue weighted by Crippen LogP contribution is -1.99. The summed E-state index contributed by atoms with van der Waals surface area (Å²) in [6.07, 6.45) is 8.55. The highest BCUT2D eigenvalue weighted by atomic mass is 32.1. The number of nitrogen functional groups attached to an aromatic ring is 1. The van der Waals surface area contributed by atoms with E-state index in [9.17, 15) is 0 Å². The molecule has 0 radical (unpaired) electrons. The van der Waals surface area contributed by atoms with E-state index in [4.69, 9.17) is 10.3 Å². The third-order valence-corrected chi connectivity index (χ3v) is 5.16. The van der Waals surface area contributed by atoms with Gasteiger partial charge < -0.3 is 10.3 Å². The smallest absolute Gasteiger partial charge is 0.260 e. The van der Waals surface area contributed by atoms with Crippen LogP contribution in [-0.4, -0.2) is 10.1 Å². The van der Waals surface area contributed by atoms with Gasteiger partial charge in [-0.3, -0.25) is 0 Å². The predicted molar refractivity (Wildman–Crippen MR) is 81.8 cm³/mol. The van der Waals surface area contributed by atoms with E-state index in [1.807, 2.05) is 0 Å². The maximum atomic E-state index is 6.05. The van der Waals surface area contributed by atoms with Crippen LogP contribution in [0.2, 0.25) is 0 Å². The largest absolute Gasteiger partial charge is 0.390 e. The van der Waals surface area contributed by atoms with Crippen molar-refractivity contribution in [2.75, 3.05) is 5.73 Å². The highest BCUT2D eigenvalue weighted by Gasteiger charge is 2.21. The van der Waals surface area contributed by atoms with Crippen LogP contribution in [-0.2, 0) is 6.42 Å². The summed E-state index contributed by atoms with van der Waals surface area (Å²) in [5, 5.41) is 4.97. The number of hydrogen-bond donors (Lipinski definition) is 1. The van der Waals surface area contributed by atoms with Crippen molar-refractivity contribution in [3.63, 3.8) is 0 Å². The van der Waals surface area contributed by atoms with Gasteiger partial charge in [-0.1, -0.05) is 37.8 Å². The van der Waals surface area contributed by atoms with Crippen LogP contribution in [0.5, 0.6) is 0 Å². The third-order valence-electron chi connectivity index (χ3n) is 4.05. The molecule has 1 fully saturated rings. The first-order chi connectivity index (χ1) is 9.78. The maximum absolute atomic E-state index is 6.05. The molecule has 20 heavy (non-hydrogen) atoms. The first-order valence-electron chi connectivity index (χ1n) is 7.50. The zero-order valence-corrected chi connectivity index (χ0v) is 12.7. The third kappa shape index (κ3) is 2.73. The lowest BCUT2D eigenvalue weighted by Gasteiger charge is -2.07. The van der Waals surface area contributed by atoms with Crippen molar-refractivity contribution >= 4 is 16.3 Å². The Morgan fingerprint density at radius 3 is 2.70 bits per heavy atom. The van der Waals surface area contributed by atoms with Crippen LogP contribution in [0.3, 0.4) is 0 Å². The SMILES string of the molecule is CCc1cc(-c2nc(C3CCCCCC3)no2)c(N)s1. The zero-order valence-electron chi connectivity index (χ0n) is 11.9. The molecule has 4 nitrogen and oxygen atoms in total. The number of nitrogens with zero attached hydrogens (tertiary/aromatic N) is 2. The van der Waals surface area contributed by atoms with Crippen LogP contribution >= 0.6 is 11.3 Å². The van der Waals surface area contributed by atoms with Crippen LogP contribution in [0.4, 0.5) is 5.00 Å². The highest BCUT2D eigenvalue weighted by Crippen LogP contribution is 2.35. The van der Waals surface area contributed by atoms with E-state index in [1.54, 1.807) is 11.3 Å². The number of thiophene rings is 1. The second kappa shape index (κ2) is 5.95. The number of rotatable bonds is 3. The Bertz CT molecular complexity index is 567. The minimum absolute atomic E-state index is 0.459. The minimum atomic E-state index is 0.459. The molecule has 1 saturated carbocycles. The Morgan fingerprint density at radius 1 is 1.30 bits per heavy atom.